The molecule has 2 aliphatic rings. The fraction of sp³-hybridized carbons (Fsp3) is 0.333. The Morgan fingerprint density at radius 3 is 2.58 bits per heavy atom. The molecule has 2 unspecified atom stereocenters. The van der Waals surface area contributed by atoms with E-state index in [1.54, 1.807) is 12.1 Å². The summed E-state index contributed by atoms with van der Waals surface area (Å²) in [6.45, 7) is 3.31. The van der Waals surface area contributed by atoms with Crippen LogP contribution in [0.4, 0.5) is 14.6 Å². The molecule has 2 fully saturated rings. The number of halogens is 3. The van der Waals surface area contributed by atoms with E-state index >= 15 is 4.39 Å². The molecular formula is C27H25ClF2N4O2. The van der Waals surface area contributed by atoms with Crippen LogP contribution < -0.4 is 15.0 Å². The van der Waals surface area contributed by atoms with Gasteiger partial charge in [0, 0.05) is 36.1 Å². The van der Waals surface area contributed by atoms with Crippen molar-refractivity contribution in [2.24, 2.45) is 0 Å². The highest BCUT2D eigenvalue weighted by Crippen LogP contribution is 2.44. The van der Waals surface area contributed by atoms with Crippen molar-refractivity contribution in [2.45, 2.75) is 38.3 Å². The highest BCUT2D eigenvalue weighted by Gasteiger charge is 2.34. The van der Waals surface area contributed by atoms with E-state index in [1.165, 1.54) is 25.3 Å². The number of aryl methyl sites for hydroxylation is 1. The molecule has 6 nitrogen and oxygen atoms in total. The fourth-order valence-electron chi connectivity index (χ4n) is 5.75. The molecule has 3 aromatic carbocycles. The van der Waals surface area contributed by atoms with Gasteiger partial charge in [-0.3, -0.25) is 0 Å². The van der Waals surface area contributed by atoms with Crippen molar-refractivity contribution in [1.82, 2.24) is 15.3 Å². The first kappa shape index (κ1) is 23.2. The summed E-state index contributed by atoms with van der Waals surface area (Å²) in [5.41, 5.74) is 0.853. The number of nitrogens with one attached hydrogen (secondary N) is 1. The summed E-state index contributed by atoms with van der Waals surface area (Å²) < 4.78 is 36.5. The van der Waals surface area contributed by atoms with Gasteiger partial charge in [0.2, 0.25) is 0 Å². The van der Waals surface area contributed by atoms with Gasteiger partial charge >= 0.3 is 6.01 Å². The van der Waals surface area contributed by atoms with Crippen molar-refractivity contribution in [1.29, 1.82) is 0 Å². The van der Waals surface area contributed by atoms with E-state index in [2.05, 4.69) is 20.2 Å². The molecule has 3 heterocycles. The van der Waals surface area contributed by atoms with Crippen molar-refractivity contribution in [2.75, 3.05) is 25.1 Å². The lowest BCUT2D eigenvalue weighted by Crippen LogP contribution is -2.51. The van der Waals surface area contributed by atoms with Crippen LogP contribution in [0.5, 0.6) is 11.8 Å². The van der Waals surface area contributed by atoms with Gasteiger partial charge < -0.3 is 20.1 Å². The van der Waals surface area contributed by atoms with E-state index < -0.39 is 11.6 Å². The normalized spacial score (nSPS) is 19.4. The zero-order valence-electron chi connectivity index (χ0n) is 19.9. The third-order valence-electron chi connectivity index (χ3n) is 7.32. The first-order valence-corrected chi connectivity index (χ1v) is 12.4. The molecule has 0 aliphatic carbocycles. The Bertz CT molecular complexity index is 1520. The predicted molar refractivity (Wildman–Crippen MR) is 137 cm³/mol. The minimum Gasteiger partial charge on any atom is -0.508 e. The predicted octanol–water partition coefficient (Wildman–Crippen LogP) is 5.60. The van der Waals surface area contributed by atoms with Gasteiger partial charge in [0.15, 0.2) is 5.82 Å². The number of fused-ring (bicyclic) bond motifs is 4. The van der Waals surface area contributed by atoms with Gasteiger partial charge in [-0.15, -0.1) is 0 Å². The molecule has 0 radical (unpaired) electrons. The van der Waals surface area contributed by atoms with Crippen LogP contribution in [0.1, 0.15) is 25.3 Å². The smallest absolute Gasteiger partial charge is 0.318 e. The minimum atomic E-state index is -0.671. The number of ether oxygens (including phenoxy) is 1. The average Bonchev–Trinajstić information content (AvgIpc) is 3.20. The number of aromatic nitrogens is 2. The van der Waals surface area contributed by atoms with Crippen LogP contribution in [0.2, 0.25) is 5.02 Å². The van der Waals surface area contributed by atoms with Gasteiger partial charge in [0.05, 0.1) is 12.1 Å². The van der Waals surface area contributed by atoms with Gasteiger partial charge in [-0.25, -0.2) is 8.78 Å². The van der Waals surface area contributed by atoms with Crippen molar-refractivity contribution in [3.8, 4) is 22.9 Å². The van der Waals surface area contributed by atoms with Crippen LogP contribution >= 0.6 is 11.6 Å². The maximum Gasteiger partial charge on any atom is 0.318 e. The van der Waals surface area contributed by atoms with Gasteiger partial charge in [0.1, 0.15) is 22.9 Å². The number of rotatable bonds is 4. The SMILES string of the molecule is CCc1c(F)ccc2cc(O)cc(-c3c(Cl)cc4c(N5CC6CCC(C5)N6)nc(OC)nc4c3F)c12. The van der Waals surface area contributed by atoms with E-state index in [9.17, 15) is 9.50 Å². The second kappa shape index (κ2) is 8.71. The zero-order valence-corrected chi connectivity index (χ0v) is 20.7. The summed E-state index contributed by atoms with van der Waals surface area (Å²) in [4.78, 5) is 11.1. The number of phenols is 1. The van der Waals surface area contributed by atoms with E-state index in [0.29, 0.717) is 51.6 Å². The number of aromatic hydroxyl groups is 1. The Kier molecular flexibility index (Phi) is 5.61. The maximum absolute atomic E-state index is 16.4. The molecule has 2 atom stereocenters. The van der Waals surface area contributed by atoms with Crippen molar-refractivity contribution in [3.05, 3.63) is 52.6 Å². The number of nitrogens with zero attached hydrogens (tertiary/aromatic N) is 3. The molecule has 2 bridgehead atoms. The molecule has 6 rings (SSSR count). The van der Waals surface area contributed by atoms with Crippen LogP contribution in [0.25, 0.3) is 32.8 Å². The number of methoxy groups -OCH3 is 1. The molecule has 0 spiro atoms. The number of anilines is 1. The van der Waals surface area contributed by atoms with E-state index in [1.807, 2.05) is 6.92 Å². The maximum atomic E-state index is 16.4. The number of benzene rings is 3. The molecular weight excluding hydrogens is 486 g/mol. The second-order valence-corrected chi connectivity index (χ2v) is 9.90. The average molecular weight is 511 g/mol. The molecule has 36 heavy (non-hydrogen) atoms. The minimum absolute atomic E-state index is 0.0524. The Hall–Kier alpha value is -3.23. The molecule has 186 valence electrons. The van der Waals surface area contributed by atoms with Crippen LogP contribution in [0.15, 0.2) is 30.3 Å². The lowest BCUT2D eigenvalue weighted by atomic mass is 9.92. The van der Waals surface area contributed by atoms with Crippen LogP contribution in [-0.4, -0.2) is 47.4 Å². The number of hydrogen-bond donors (Lipinski definition) is 2. The summed E-state index contributed by atoms with van der Waals surface area (Å²) in [5.74, 6) is -0.563. The summed E-state index contributed by atoms with van der Waals surface area (Å²) in [5, 5.41) is 15.7. The van der Waals surface area contributed by atoms with Gasteiger partial charge in [-0.1, -0.05) is 24.6 Å². The summed E-state index contributed by atoms with van der Waals surface area (Å²) in [6, 6.07) is 8.29. The number of piperazine rings is 1. The van der Waals surface area contributed by atoms with Crippen LogP contribution in [0.3, 0.4) is 0 Å². The highest BCUT2D eigenvalue weighted by atomic mass is 35.5. The molecule has 2 saturated heterocycles. The molecule has 4 aromatic rings. The summed E-state index contributed by atoms with van der Waals surface area (Å²) >= 11 is 6.75. The number of phenolic OH excluding ortho intramolecular Hbond substituents is 1. The Morgan fingerprint density at radius 2 is 1.89 bits per heavy atom. The molecule has 0 saturated carbocycles. The highest BCUT2D eigenvalue weighted by molar-refractivity contribution is 6.35. The quantitative estimate of drug-likeness (QED) is 0.372. The Labute approximate surface area is 211 Å². The largest absolute Gasteiger partial charge is 0.508 e. The third-order valence-corrected chi connectivity index (χ3v) is 7.61. The van der Waals surface area contributed by atoms with Crippen LogP contribution in [-0.2, 0) is 6.42 Å². The van der Waals surface area contributed by atoms with Crippen LogP contribution in [0, 0.1) is 11.6 Å². The van der Waals surface area contributed by atoms with Gasteiger partial charge in [-0.05, 0) is 65.4 Å². The van der Waals surface area contributed by atoms with Crippen molar-refractivity contribution < 1.29 is 18.6 Å². The first-order chi connectivity index (χ1) is 17.4. The summed E-state index contributed by atoms with van der Waals surface area (Å²) in [7, 11) is 1.44. The van der Waals surface area contributed by atoms with Crippen molar-refractivity contribution in [3.63, 3.8) is 0 Å². The van der Waals surface area contributed by atoms with E-state index in [0.717, 1.165) is 25.9 Å². The fourth-order valence-corrected chi connectivity index (χ4v) is 6.05. The molecule has 0 amide bonds. The topological polar surface area (TPSA) is 70.5 Å². The van der Waals surface area contributed by atoms with E-state index in [-0.39, 0.29) is 27.9 Å². The monoisotopic (exact) mass is 510 g/mol. The molecule has 1 aromatic heterocycles. The Balaban J connectivity index is 1.63. The molecule has 2 aliphatic heterocycles. The second-order valence-electron chi connectivity index (χ2n) is 9.49. The van der Waals surface area contributed by atoms with E-state index in [4.69, 9.17) is 16.3 Å². The van der Waals surface area contributed by atoms with Crippen molar-refractivity contribution >= 4 is 39.1 Å². The lowest BCUT2D eigenvalue weighted by molar-refractivity contribution is 0.380. The lowest BCUT2D eigenvalue weighted by Gasteiger charge is -2.34. The molecule has 2 N–H and O–H groups in total. The zero-order chi connectivity index (χ0) is 25.1. The Morgan fingerprint density at radius 1 is 1.14 bits per heavy atom. The third kappa shape index (κ3) is 3.62. The molecule has 9 heteroatoms. The number of hydrogen-bond acceptors (Lipinski definition) is 6. The van der Waals surface area contributed by atoms with Gasteiger partial charge in [-0.2, -0.15) is 9.97 Å². The standard InChI is InChI=1S/C27H25ClF2N4O2/c1-3-17-21(29)7-4-13-8-16(35)9-18(22(13)17)23-20(28)10-19-25(24(23)30)32-27(36-2)33-26(19)34-11-14-5-6-15(12-34)31-14/h4,7-10,14-15,31,35H,3,5-6,11-12H2,1-2H3. The first-order valence-electron chi connectivity index (χ1n) is 12.1. The van der Waals surface area contributed by atoms with Gasteiger partial charge in [0.25, 0.3) is 0 Å². The summed E-state index contributed by atoms with van der Waals surface area (Å²) in [6.07, 6.45) is 2.56.